The summed E-state index contributed by atoms with van der Waals surface area (Å²) in [5.74, 6) is 0. The molecule has 0 bridgehead atoms. The van der Waals surface area contributed by atoms with Gasteiger partial charge in [0.05, 0.1) is 11.0 Å². The van der Waals surface area contributed by atoms with Crippen LogP contribution in [0.25, 0.3) is 66.0 Å². The minimum Gasteiger partial charge on any atom is -0.253 e. The lowest BCUT2D eigenvalue weighted by Gasteiger charge is -2.19. The summed E-state index contributed by atoms with van der Waals surface area (Å²) in [6.45, 7) is 6.72. The lowest BCUT2D eigenvalue weighted by Crippen LogP contribution is -2.10. The molecule has 192 valence electrons. The van der Waals surface area contributed by atoms with E-state index >= 15 is 0 Å². The average molecular weight is 515 g/mol. The maximum atomic E-state index is 4.98. The molecule has 0 aliphatic heterocycles. The number of hydrogen-bond acceptors (Lipinski definition) is 2. The first kappa shape index (κ1) is 24.2. The molecule has 0 N–H and O–H groups in total. The van der Waals surface area contributed by atoms with Crippen molar-refractivity contribution in [3.05, 3.63) is 133 Å². The first-order chi connectivity index (χ1) is 19.4. The summed E-state index contributed by atoms with van der Waals surface area (Å²) >= 11 is 0. The van der Waals surface area contributed by atoms with Gasteiger partial charge < -0.3 is 0 Å². The largest absolute Gasteiger partial charge is 0.253 e. The summed E-state index contributed by atoms with van der Waals surface area (Å²) < 4.78 is 0. The Balaban J connectivity index is 1.33. The van der Waals surface area contributed by atoms with Crippen molar-refractivity contribution in [3.63, 3.8) is 0 Å². The minimum atomic E-state index is 0.137. The van der Waals surface area contributed by atoms with E-state index < -0.39 is 0 Å². The van der Waals surface area contributed by atoms with E-state index in [1.165, 1.54) is 38.6 Å². The topological polar surface area (TPSA) is 25.8 Å². The molecule has 2 heterocycles. The van der Waals surface area contributed by atoms with Crippen molar-refractivity contribution in [1.29, 1.82) is 0 Å². The van der Waals surface area contributed by atoms with Crippen LogP contribution in [0.2, 0.25) is 0 Å². The van der Waals surface area contributed by atoms with E-state index in [4.69, 9.17) is 9.97 Å². The summed E-state index contributed by atoms with van der Waals surface area (Å²) in [5, 5.41) is 4.64. The fourth-order valence-electron chi connectivity index (χ4n) is 5.60. The molecular weight excluding hydrogens is 484 g/mol. The Morgan fingerprint density at radius 1 is 0.425 bits per heavy atom. The van der Waals surface area contributed by atoms with Gasteiger partial charge in [0.1, 0.15) is 0 Å². The number of pyridine rings is 2. The summed E-state index contributed by atoms with van der Waals surface area (Å²) in [6, 6.07) is 41.4. The Hall–Kier alpha value is -4.82. The number of aromatic nitrogens is 2. The number of hydrogen-bond donors (Lipinski definition) is 0. The molecule has 0 spiro atoms. The summed E-state index contributed by atoms with van der Waals surface area (Å²) in [6.07, 6.45) is 3.97. The molecule has 0 saturated heterocycles. The fraction of sp³-hybridized carbons (Fsp3) is 0.105. The first-order valence-electron chi connectivity index (χ1n) is 13.8. The molecule has 0 aliphatic rings. The highest BCUT2D eigenvalue weighted by molar-refractivity contribution is 6.05. The van der Waals surface area contributed by atoms with Gasteiger partial charge in [0.2, 0.25) is 0 Å². The Labute approximate surface area is 235 Å². The van der Waals surface area contributed by atoms with Crippen LogP contribution in [0.15, 0.2) is 128 Å². The Morgan fingerprint density at radius 3 is 1.55 bits per heavy atom. The lowest BCUT2D eigenvalue weighted by molar-refractivity contribution is 0.590. The normalized spacial score (nSPS) is 11.9. The smallest absolute Gasteiger partial charge is 0.0965 e. The zero-order valence-electron chi connectivity index (χ0n) is 23.0. The second-order valence-electron chi connectivity index (χ2n) is 11.6. The fourth-order valence-corrected chi connectivity index (χ4v) is 5.60. The van der Waals surface area contributed by atoms with Crippen molar-refractivity contribution in [1.82, 2.24) is 9.97 Å². The molecule has 7 rings (SSSR count). The van der Waals surface area contributed by atoms with Gasteiger partial charge in [0.15, 0.2) is 0 Å². The summed E-state index contributed by atoms with van der Waals surface area (Å²) in [5.41, 5.74) is 10.3. The summed E-state index contributed by atoms with van der Waals surface area (Å²) in [4.78, 5) is 9.88. The molecular formula is C38H30N2. The molecule has 0 aliphatic carbocycles. The molecule has 2 nitrogen and oxygen atoms in total. The maximum absolute atomic E-state index is 4.98. The maximum Gasteiger partial charge on any atom is 0.0965 e. The van der Waals surface area contributed by atoms with Crippen LogP contribution in [0.5, 0.6) is 0 Å². The van der Waals surface area contributed by atoms with Crippen LogP contribution in [0.1, 0.15) is 26.3 Å². The van der Waals surface area contributed by atoms with Gasteiger partial charge in [-0.05, 0) is 68.3 Å². The molecule has 2 aromatic heterocycles. The van der Waals surface area contributed by atoms with Crippen molar-refractivity contribution < 1.29 is 0 Å². The predicted molar refractivity (Wildman–Crippen MR) is 170 cm³/mol. The SMILES string of the molecule is CC(C)(C)c1ccc(-c2cnc3c(ccc4cc(-c5cc6ccccc6cc5-c5ccccc5)cnc43)c2)cc1. The van der Waals surface area contributed by atoms with Crippen LogP contribution < -0.4 is 0 Å². The third-order valence-electron chi connectivity index (χ3n) is 7.87. The van der Waals surface area contributed by atoms with Crippen LogP contribution in [0.3, 0.4) is 0 Å². The van der Waals surface area contributed by atoms with E-state index in [2.05, 4.69) is 136 Å². The number of benzene rings is 5. The second kappa shape index (κ2) is 9.43. The van der Waals surface area contributed by atoms with E-state index in [9.17, 15) is 0 Å². The van der Waals surface area contributed by atoms with Crippen molar-refractivity contribution in [2.45, 2.75) is 26.2 Å². The quantitative estimate of drug-likeness (QED) is 0.219. The predicted octanol–water partition coefficient (Wildman–Crippen LogP) is 10.2. The number of nitrogens with zero attached hydrogens (tertiary/aromatic N) is 2. The van der Waals surface area contributed by atoms with Gasteiger partial charge in [-0.2, -0.15) is 0 Å². The number of rotatable bonds is 3. The average Bonchev–Trinajstić information content (AvgIpc) is 3.00. The standard InChI is InChI=1S/C38H30N2/c1-38(2,3)33-17-15-25(16-18-33)31-19-29-13-14-30-20-32(24-40-37(30)36(29)39-23-31)35-22-28-12-8-7-11-27(28)21-34(35)26-9-5-4-6-10-26/h4-24H,1-3H3. The highest BCUT2D eigenvalue weighted by Crippen LogP contribution is 2.37. The Bertz CT molecular complexity index is 2010. The third-order valence-corrected chi connectivity index (χ3v) is 7.87. The van der Waals surface area contributed by atoms with Gasteiger partial charge in [-0.15, -0.1) is 0 Å². The molecule has 0 radical (unpaired) electrons. The van der Waals surface area contributed by atoms with Crippen LogP contribution in [-0.2, 0) is 5.41 Å². The van der Waals surface area contributed by atoms with Crippen LogP contribution in [0.4, 0.5) is 0 Å². The van der Waals surface area contributed by atoms with Gasteiger partial charge in [0, 0.05) is 34.3 Å². The van der Waals surface area contributed by atoms with Crippen LogP contribution in [0, 0.1) is 0 Å². The van der Waals surface area contributed by atoms with Crippen molar-refractivity contribution in [3.8, 4) is 33.4 Å². The van der Waals surface area contributed by atoms with Gasteiger partial charge in [-0.3, -0.25) is 9.97 Å². The molecule has 0 amide bonds. The zero-order chi connectivity index (χ0) is 27.3. The van der Waals surface area contributed by atoms with Gasteiger partial charge in [0.25, 0.3) is 0 Å². The van der Waals surface area contributed by atoms with E-state index in [0.717, 1.165) is 32.9 Å². The highest BCUT2D eigenvalue weighted by atomic mass is 14.7. The van der Waals surface area contributed by atoms with E-state index in [-0.39, 0.29) is 5.41 Å². The molecule has 5 aromatic carbocycles. The van der Waals surface area contributed by atoms with E-state index in [0.29, 0.717) is 0 Å². The molecule has 40 heavy (non-hydrogen) atoms. The minimum absolute atomic E-state index is 0.137. The van der Waals surface area contributed by atoms with Gasteiger partial charge in [-0.25, -0.2) is 0 Å². The van der Waals surface area contributed by atoms with Crippen LogP contribution in [-0.4, -0.2) is 9.97 Å². The van der Waals surface area contributed by atoms with Gasteiger partial charge in [-0.1, -0.05) is 112 Å². The monoisotopic (exact) mass is 514 g/mol. The zero-order valence-corrected chi connectivity index (χ0v) is 23.0. The molecule has 0 fully saturated rings. The highest BCUT2D eigenvalue weighted by Gasteiger charge is 2.15. The van der Waals surface area contributed by atoms with Crippen LogP contribution >= 0.6 is 0 Å². The number of fused-ring (bicyclic) bond motifs is 4. The molecule has 7 aromatic rings. The summed E-state index contributed by atoms with van der Waals surface area (Å²) in [7, 11) is 0. The molecule has 0 unspecified atom stereocenters. The molecule has 0 saturated carbocycles. The van der Waals surface area contributed by atoms with E-state index in [1.807, 2.05) is 12.4 Å². The Morgan fingerprint density at radius 2 is 0.950 bits per heavy atom. The lowest BCUT2D eigenvalue weighted by atomic mass is 9.86. The second-order valence-corrected chi connectivity index (χ2v) is 11.6. The molecule has 0 atom stereocenters. The Kier molecular flexibility index (Phi) is 5.71. The van der Waals surface area contributed by atoms with E-state index in [1.54, 1.807) is 0 Å². The third kappa shape index (κ3) is 4.32. The van der Waals surface area contributed by atoms with Crippen molar-refractivity contribution >= 4 is 32.6 Å². The van der Waals surface area contributed by atoms with Crippen molar-refractivity contribution in [2.75, 3.05) is 0 Å². The van der Waals surface area contributed by atoms with Crippen molar-refractivity contribution in [2.24, 2.45) is 0 Å². The first-order valence-corrected chi connectivity index (χ1v) is 13.8. The molecule has 2 heteroatoms. The van der Waals surface area contributed by atoms with Gasteiger partial charge >= 0.3 is 0 Å².